The van der Waals surface area contributed by atoms with Gasteiger partial charge >= 0.3 is 6.09 Å². The van der Waals surface area contributed by atoms with Crippen LogP contribution in [0.25, 0.3) is 0 Å². The quantitative estimate of drug-likeness (QED) is 0.757. The molecule has 0 saturated carbocycles. The van der Waals surface area contributed by atoms with Crippen molar-refractivity contribution in [1.82, 2.24) is 4.90 Å². The summed E-state index contributed by atoms with van der Waals surface area (Å²) in [6.45, 7) is 7.80. The van der Waals surface area contributed by atoms with Crippen LogP contribution in [0.5, 0.6) is 0 Å². The molecule has 0 aliphatic carbocycles. The summed E-state index contributed by atoms with van der Waals surface area (Å²) in [6.07, 6.45) is 1.17. The normalized spacial score (nSPS) is 25.5. The summed E-state index contributed by atoms with van der Waals surface area (Å²) in [5, 5.41) is 0. The minimum absolute atomic E-state index is 0.0976. The van der Waals surface area contributed by atoms with Gasteiger partial charge in [0.05, 0.1) is 5.92 Å². The molecule has 0 aromatic rings. The van der Waals surface area contributed by atoms with Gasteiger partial charge in [-0.1, -0.05) is 0 Å². The van der Waals surface area contributed by atoms with Crippen molar-refractivity contribution in [1.29, 1.82) is 0 Å². The molecule has 98 valence electrons. The molecule has 1 fully saturated rings. The molecule has 0 aromatic carbocycles. The number of hydrogen-bond donors (Lipinski definition) is 1. The molecule has 1 aliphatic rings. The van der Waals surface area contributed by atoms with Gasteiger partial charge in [0.2, 0.25) is 5.91 Å². The Kier molecular flexibility index (Phi) is 4.01. The molecule has 0 bridgehead atoms. The van der Waals surface area contributed by atoms with Gasteiger partial charge in [0.25, 0.3) is 0 Å². The Morgan fingerprint density at radius 2 is 1.88 bits per heavy atom. The zero-order chi connectivity index (χ0) is 13.2. The van der Waals surface area contributed by atoms with Crippen LogP contribution in [0.4, 0.5) is 4.79 Å². The first-order chi connectivity index (χ1) is 7.70. The van der Waals surface area contributed by atoms with Gasteiger partial charge < -0.3 is 15.4 Å². The molecule has 2 atom stereocenters. The van der Waals surface area contributed by atoms with Crippen molar-refractivity contribution in [3.05, 3.63) is 0 Å². The van der Waals surface area contributed by atoms with Crippen molar-refractivity contribution < 1.29 is 14.3 Å². The maximum absolute atomic E-state index is 11.9. The first kappa shape index (κ1) is 13.8. The van der Waals surface area contributed by atoms with Crippen molar-refractivity contribution in [3.8, 4) is 0 Å². The average molecular weight is 242 g/mol. The summed E-state index contributed by atoms with van der Waals surface area (Å²) in [6, 6.07) is 0.0976. The number of hydrogen-bond acceptors (Lipinski definition) is 3. The third-order valence-corrected chi connectivity index (χ3v) is 2.91. The van der Waals surface area contributed by atoms with E-state index in [1.807, 2.05) is 27.7 Å². The lowest BCUT2D eigenvalue weighted by Gasteiger charge is -2.37. The second-order valence-electron chi connectivity index (χ2n) is 5.66. The number of piperidine rings is 1. The summed E-state index contributed by atoms with van der Waals surface area (Å²) in [4.78, 5) is 24.7. The lowest BCUT2D eigenvalue weighted by molar-refractivity contribution is -0.123. The van der Waals surface area contributed by atoms with Gasteiger partial charge in [-0.3, -0.25) is 4.79 Å². The molecule has 17 heavy (non-hydrogen) atoms. The Hall–Kier alpha value is -1.26. The topological polar surface area (TPSA) is 72.6 Å². The third-order valence-electron chi connectivity index (χ3n) is 2.91. The molecule has 0 radical (unpaired) electrons. The summed E-state index contributed by atoms with van der Waals surface area (Å²) < 4.78 is 5.31. The second kappa shape index (κ2) is 4.94. The van der Waals surface area contributed by atoms with Crippen LogP contribution in [0.15, 0.2) is 0 Å². The van der Waals surface area contributed by atoms with Crippen LogP contribution in [0, 0.1) is 5.92 Å². The third kappa shape index (κ3) is 3.91. The van der Waals surface area contributed by atoms with Crippen LogP contribution in [-0.2, 0) is 9.53 Å². The summed E-state index contributed by atoms with van der Waals surface area (Å²) in [5.41, 5.74) is 4.77. The van der Waals surface area contributed by atoms with E-state index < -0.39 is 5.60 Å². The molecule has 2 N–H and O–H groups in total. The van der Waals surface area contributed by atoms with E-state index in [-0.39, 0.29) is 24.0 Å². The molecule has 0 unspecified atom stereocenters. The van der Waals surface area contributed by atoms with Crippen molar-refractivity contribution in [3.63, 3.8) is 0 Å². The van der Waals surface area contributed by atoms with Gasteiger partial charge in [-0.15, -0.1) is 0 Å². The Morgan fingerprint density at radius 3 is 2.35 bits per heavy atom. The van der Waals surface area contributed by atoms with Gasteiger partial charge in [0.1, 0.15) is 5.60 Å². The highest BCUT2D eigenvalue weighted by molar-refractivity contribution is 5.78. The number of likely N-dealkylation sites (tertiary alicyclic amines) is 1. The summed E-state index contributed by atoms with van der Waals surface area (Å²) in [7, 11) is 0. The zero-order valence-electron chi connectivity index (χ0n) is 11.0. The molecular weight excluding hydrogens is 220 g/mol. The van der Waals surface area contributed by atoms with E-state index in [1.165, 1.54) is 0 Å². The molecule has 5 nitrogen and oxygen atoms in total. The number of rotatable bonds is 1. The minimum atomic E-state index is -0.517. The van der Waals surface area contributed by atoms with Gasteiger partial charge in [-0.2, -0.15) is 0 Å². The fourth-order valence-corrected chi connectivity index (χ4v) is 1.91. The molecule has 1 rings (SSSR count). The number of amides is 2. The Morgan fingerprint density at radius 1 is 1.29 bits per heavy atom. The van der Waals surface area contributed by atoms with Crippen LogP contribution in [0.1, 0.15) is 40.5 Å². The Balaban J connectivity index is 2.67. The van der Waals surface area contributed by atoms with Gasteiger partial charge in [-0.05, 0) is 40.5 Å². The first-order valence-electron chi connectivity index (χ1n) is 5.99. The molecule has 5 heteroatoms. The molecule has 0 spiro atoms. The SMILES string of the molecule is C[C@@H]1CC[C@@H](C(N)=O)CN1C(=O)OC(C)(C)C. The van der Waals surface area contributed by atoms with E-state index in [2.05, 4.69) is 0 Å². The van der Waals surface area contributed by atoms with E-state index in [0.717, 1.165) is 12.8 Å². The van der Waals surface area contributed by atoms with Crippen molar-refractivity contribution in [2.75, 3.05) is 6.54 Å². The summed E-state index contributed by atoms with van der Waals surface area (Å²) >= 11 is 0. The van der Waals surface area contributed by atoms with Gasteiger partial charge in [0.15, 0.2) is 0 Å². The lowest BCUT2D eigenvalue weighted by atomic mass is 9.93. The number of nitrogens with zero attached hydrogens (tertiary/aromatic N) is 1. The number of carbonyl (C=O) groups excluding carboxylic acids is 2. The van der Waals surface area contributed by atoms with E-state index >= 15 is 0 Å². The maximum Gasteiger partial charge on any atom is 0.410 e. The highest BCUT2D eigenvalue weighted by atomic mass is 16.6. The standard InChI is InChI=1S/C12H22N2O3/c1-8-5-6-9(10(13)15)7-14(8)11(16)17-12(2,3)4/h8-9H,5-7H2,1-4H3,(H2,13,15)/t8-,9-/m1/s1. The second-order valence-corrected chi connectivity index (χ2v) is 5.66. The van der Waals surface area contributed by atoms with Crippen LogP contribution >= 0.6 is 0 Å². The maximum atomic E-state index is 11.9. The molecule has 0 aromatic heterocycles. The fraction of sp³-hybridized carbons (Fsp3) is 0.833. The lowest BCUT2D eigenvalue weighted by Crippen LogP contribution is -2.50. The smallest absolute Gasteiger partial charge is 0.410 e. The zero-order valence-corrected chi connectivity index (χ0v) is 11.0. The fourth-order valence-electron chi connectivity index (χ4n) is 1.91. The van der Waals surface area contributed by atoms with E-state index in [0.29, 0.717) is 6.54 Å². The van der Waals surface area contributed by atoms with Crippen LogP contribution in [0.3, 0.4) is 0 Å². The van der Waals surface area contributed by atoms with Gasteiger partial charge in [-0.25, -0.2) is 4.79 Å². The molecule has 1 heterocycles. The van der Waals surface area contributed by atoms with E-state index in [4.69, 9.17) is 10.5 Å². The van der Waals surface area contributed by atoms with Crippen molar-refractivity contribution >= 4 is 12.0 Å². The predicted molar refractivity (Wildman–Crippen MR) is 64.3 cm³/mol. The van der Waals surface area contributed by atoms with Gasteiger partial charge in [0, 0.05) is 12.6 Å². The van der Waals surface area contributed by atoms with E-state index in [9.17, 15) is 9.59 Å². The van der Waals surface area contributed by atoms with Crippen LogP contribution < -0.4 is 5.73 Å². The number of nitrogens with two attached hydrogens (primary N) is 1. The predicted octanol–water partition coefficient (Wildman–Crippen LogP) is 1.51. The number of primary amides is 1. The highest BCUT2D eigenvalue weighted by Gasteiger charge is 2.33. The average Bonchev–Trinajstić information content (AvgIpc) is 2.14. The Bertz CT molecular complexity index is 309. The van der Waals surface area contributed by atoms with Crippen molar-refractivity contribution in [2.45, 2.75) is 52.2 Å². The number of ether oxygens (including phenoxy) is 1. The molecule has 1 saturated heterocycles. The Labute approximate surface area is 102 Å². The number of carbonyl (C=O) groups is 2. The molecular formula is C12H22N2O3. The monoisotopic (exact) mass is 242 g/mol. The van der Waals surface area contributed by atoms with Crippen LogP contribution in [-0.4, -0.2) is 35.1 Å². The van der Waals surface area contributed by atoms with Crippen molar-refractivity contribution in [2.24, 2.45) is 11.7 Å². The largest absolute Gasteiger partial charge is 0.444 e. The van der Waals surface area contributed by atoms with Crippen LogP contribution in [0.2, 0.25) is 0 Å². The highest BCUT2D eigenvalue weighted by Crippen LogP contribution is 2.23. The molecule has 1 aliphatic heterocycles. The first-order valence-corrected chi connectivity index (χ1v) is 5.99. The minimum Gasteiger partial charge on any atom is -0.444 e. The van der Waals surface area contributed by atoms with E-state index in [1.54, 1.807) is 4.90 Å². The summed E-state index contributed by atoms with van der Waals surface area (Å²) in [5.74, 6) is -0.593. The molecule has 2 amide bonds.